The van der Waals surface area contributed by atoms with Crippen molar-refractivity contribution in [2.24, 2.45) is 0 Å². The van der Waals surface area contributed by atoms with Crippen LogP contribution in [-0.4, -0.2) is 71.2 Å². The number of H-pyrrole nitrogens is 1. The summed E-state index contributed by atoms with van der Waals surface area (Å²) >= 11 is 1.66. The van der Waals surface area contributed by atoms with Gasteiger partial charge < -0.3 is 30.0 Å². The Morgan fingerprint density at radius 2 is 2.09 bits per heavy atom. The summed E-state index contributed by atoms with van der Waals surface area (Å²) in [5.74, 6) is 1.66. The van der Waals surface area contributed by atoms with Crippen molar-refractivity contribution in [2.45, 2.75) is 37.3 Å². The Morgan fingerprint density at radius 3 is 2.91 bits per heavy atom. The number of nitrogens with zero attached hydrogens (tertiary/aromatic N) is 2. The van der Waals surface area contributed by atoms with Gasteiger partial charge in [-0.25, -0.2) is 4.98 Å². The number of thioether (sulfide) groups is 1. The molecule has 2 aromatic rings. The molecular formula is C23H29N5O4S. The number of fused-ring (bicyclic) bond motifs is 3. The van der Waals surface area contributed by atoms with E-state index in [1.54, 1.807) is 36.3 Å². The van der Waals surface area contributed by atoms with E-state index in [0.29, 0.717) is 36.6 Å². The van der Waals surface area contributed by atoms with E-state index in [2.05, 4.69) is 20.6 Å². The van der Waals surface area contributed by atoms with Crippen LogP contribution in [0.2, 0.25) is 0 Å². The number of benzene rings is 1. The third-order valence-electron chi connectivity index (χ3n) is 6.79. The van der Waals surface area contributed by atoms with Gasteiger partial charge in [0, 0.05) is 37.3 Å². The smallest absolute Gasteiger partial charge is 0.252 e. The van der Waals surface area contributed by atoms with Gasteiger partial charge in [-0.15, -0.1) is 0 Å². The zero-order valence-corrected chi connectivity index (χ0v) is 19.5. The summed E-state index contributed by atoms with van der Waals surface area (Å²) < 4.78 is 10.7. The maximum atomic E-state index is 13.4. The molecule has 33 heavy (non-hydrogen) atoms. The molecule has 0 bridgehead atoms. The number of carbonyl (C=O) groups excluding carboxylic acids is 2. The van der Waals surface area contributed by atoms with E-state index in [1.165, 1.54) is 5.69 Å². The van der Waals surface area contributed by atoms with Crippen molar-refractivity contribution in [1.29, 1.82) is 0 Å². The molecule has 2 amide bonds. The fourth-order valence-corrected chi connectivity index (χ4v) is 5.42. The van der Waals surface area contributed by atoms with Crippen LogP contribution in [0.5, 0.6) is 11.5 Å². The molecule has 1 spiro atoms. The summed E-state index contributed by atoms with van der Waals surface area (Å²) in [4.78, 5) is 36.1. The number of rotatable bonds is 6. The molecule has 9 nitrogen and oxygen atoms in total. The molecule has 0 unspecified atom stereocenters. The third kappa shape index (κ3) is 4.29. The lowest BCUT2D eigenvalue weighted by Gasteiger charge is -2.44. The molecule has 1 aromatic heterocycles. The standard InChI is InChI=1S/C23H29N5O4S/c1-33-11-5-17(27-21(29)15-2-3-18-19(12-15)32-14-31-18)22(30)28-9-6-23(7-10-28)20-16(4-8-26-23)24-13-25-20/h2-3,12-13,17,26H,4-11,14H2,1H3,(H,24,25)(H,27,29)/t17-/m1/s1. The summed E-state index contributed by atoms with van der Waals surface area (Å²) in [6.45, 7) is 2.33. The Kier molecular flexibility index (Phi) is 6.20. The molecule has 0 radical (unpaired) electrons. The minimum absolute atomic E-state index is 0.0222. The van der Waals surface area contributed by atoms with Crippen molar-refractivity contribution in [3.8, 4) is 11.5 Å². The van der Waals surface area contributed by atoms with E-state index in [1.807, 2.05) is 11.2 Å². The number of hydrogen-bond donors (Lipinski definition) is 3. The first-order chi connectivity index (χ1) is 16.1. The minimum Gasteiger partial charge on any atom is -0.454 e. The van der Waals surface area contributed by atoms with Gasteiger partial charge in [0.1, 0.15) is 6.04 Å². The fourth-order valence-electron chi connectivity index (χ4n) is 4.95. The molecule has 1 saturated heterocycles. The van der Waals surface area contributed by atoms with Crippen LogP contribution in [0, 0.1) is 0 Å². The molecular weight excluding hydrogens is 442 g/mol. The van der Waals surface area contributed by atoms with Crippen LogP contribution in [-0.2, 0) is 16.8 Å². The molecule has 5 rings (SSSR count). The largest absolute Gasteiger partial charge is 0.454 e. The second-order valence-corrected chi connectivity index (χ2v) is 9.68. The number of aromatic nitrogens is 2. The number of piperidine rings is 1. The maximum Gasteiger partial charge on any atom is 0.252 e. The number of hydrogen-bond acceptors (Lipinski definition) is 7. The summed E-state index contributed by atoms with van der Waals surface area (Å²) in [5, 5.41) is 6.62. The fraction of sp³-hybridized carbons (Fsp3) is 0.522. The molecule has 3 aliphatic rings. The van der Waals surface area contributed by atoms with Crippen molar-refractivity contribution in [2.75, 3.05) is 38.4 Å². The Labute approximate surface area is 197 Å². The van der Waals surface area contributed by atoms with E-state index in [0.717, 1.165) is 37.3 Å². The second-order valence-electron chi connectivity index (χ2n) is 8.69. The number of amides is 2. The first-order valence-corrected chi connectivity index (χ1v) is 12.7. The van der Waals surface area contributed by atoms with Crippen LogP contribution in [0.15, 0.2) is 24.5 Å². The summed E-state index contributed by atoms with van der Waals surface area (Å²) in [6.07, 6.45) is 6.91. The van der Waals surface area contributed by atoms with E-state index in [9.17, 15) is 9.59 Å². The number of imidazole rings is 1. The van der Waals surface area contributed by atoms with Gasteiger partial charge in [-0.3, -0.25) is 9.59 Å². The molecule has 10 heteroatoms. The minimum atomic E-state index is -0.565. The van der Waals surface area contributed by atoms with Crippen LogP contribution in [0.25, 0.3) is 0 Å². The van der Waals surface area contributed by atoms with Gasteiger partial charge in [-0.2, -0.15) is 11.8 Å². The molecule has 3 N–H and O–H groups in total. The molecule has 0 aliphatic carbocycles. The highest BCUT2D eigenvalue weighted by Gasteiger charge is 2.42. The predicted molar refractivity (Wildman–Crippen MR) is 125 cm³/mol. The lowest BCUT2D eigenvalue weighted by Crippen LogP contribution is -2.57. The Balaban J connectivity index is 1.26. The first kappa shape index (κ1) is 22.1. The zero-order chi connectivity index (χ0) is 22.8. The van der Waals surface area contributed by atoms with Gasteiger partial charge in [-0.05, 0) is 49.5 Å². The Hall–Kier alpha value is -2.72. The van der Waals surface area contributed by atoms with E-state index >= 15 is 0 Å². The second kappa shape index (κ2) is 9.26. The molecule has 176 valence electrons. The van der Waals surface area contributed by atoms with Gasteiger partial charge in [0.25, 0.3) is 5.91 Å². The summed E-state index contributed by atoms with van der Waals surface area (Å²) in [5.41, 5.74) is 2.57. The number of aromatic amines is 1. The monoisotopic (exact) mass is 471 g/mol. The highest BCUT2D eigenvalue weighted by Crippen LogP contribution is 2.36. The van der Waals surface area contributed by atoms with E-state index in [-0.39, 0.29) is 24.1 Å². The predicted octanol–water partition coefficient (Wildman–Crippen LogP) is 1.65. The number of carbonyl (C=O) groups is 2. The highest BCUT2D eigenvalue weighted by molar-refractivity contribution is 7.98. The third-order valence-corrected chi connectivity index (χ3v) is 7.43. The summed E-state index contributed by atoms with van der Waals surface area (Å²) in [7, 11) is 0. The Bertz CT molecular complexity index is 1030. The number of likely N-dealkylation sites (tertiary alicyclic amines) is 1. The molecule has 0 saturated carbocycles. The maximum absolute atomic E-state index is 13.4. The SMILES string of the molecule is CSCC[C@@H](NC(=O)c1ccc2c(c1)OCO2)C(=O)N1CCC2(CC1)NCCc1[nH]cnc12. The van der Waals surface area contributed by atoms with Crippen LogP contribution in [0.1, 0.15) is 41.0 Å². The van der Waals surface area contributed by atoms with Crippen LogP contribution < -0.4 is 20.1 Å². The lowest BCUT2D eigenvalue weighted by atomic mass is 9.80. The van der Waals surface area contributed by atoms with Gasteiger partial charge in [0.05, 0.1) is 17.6 Å². The van der Waals surface area contributed by atoms with E-state index < -0.39 is 6.04 Å². The lowest BCUT2D eigenvalue weighted by molar-refractivity contribution is -0.135. The zero-order valence-electron chi connectivity index (χ0n) is 18.7. The van der Waals surface area contributed by atoms with Gasteiger partial charge in [0.15, 0.2) is 11.5 Å². The van der Waals surface area contributed by atoms with Crippen molar-refractivity contribution in [3.05, 3.63) is 41.5 Å². The highest BCUT2D eigenvalue weighted by atomic mass is 32.2. The topological polar surface area (TPSA) is 109 Å². The molecule has 1 atom stereocenters. The molecule has 3 aliphatic heterocycles. The molecule has 1 fully saturated rings. The van der Waals surface area contributed by atoms with Crippen LogP contribution in [0.4, 0.5) is 0 Å². The summed E-state index contributed by atoms with van der Waals surface area (Å²) in [6, 6.07) is 4.51. The molecule has 4 heterocycles. The quantitative estimate of drug-likeness (QED) is 0.588. The van der Waals surface area contributed by atoms with Crippen LogP contribution in [0.3, 0.4) is 0 Å². The number of ether oxygens (including phenoxy) is 2. The van der Waals surface area contributed by atoms with E-state index in [4.69, 9.17) is 9.47 Å². The van der Waals surface area contributed by atoms with Crippen molar-refractivity contribution in [1.82, 2.24) is 25.5 Å². The Morgan fingerprint density at radius 1 is 1.27 bits per heavy atom. The van der Waals surface area contributed by atoms with Crippen molar-refractivity contribution in [3.63, 3.8) is 0 Å². The normalized spacial score (nSPS) is 19.2. The average molecular weight is 472 g/mol. The molecule has 1 aromatic carbocycles. The number of nitrogens with one attached hydrogen (secondary N) is 3. The van der Waals surface area contributed by atoms with Gasteiger partial charge in [0.2, 0.25) is 12.7 Å². The van der Waals surface area contributed by atoms with Gasteiger partial charge in [-0.1, -0.05) is 0 Å². The van der Waals surface area contributed by atoms with Gasteiger partial charge >= 0.3 is 0 Å². The average Bonchev–Trinajstić information content (AvgIpc) is 3.51. The first-order valence-electron chi connectivity index (χ1n) is 11.4. The van der Waals surface area contributed by atoms with Crippen molar-refractivity contribution >= 4 is 23.6 Å². The van der Waals surface area contributed by atoms with Crippen molar-refractivity contribution < 1.29 is 19.1 Å². The van der Waals surface area contributed by atoms with Crippen LogP contribution >= 0.6 is 11.8 Å².